The topological polar surface area (TPSA) is 87.2 Å². The molecule has 2 amide bonds. The molecule has 0 bridgehead atoms. The number of nitrogens with zero attached hydrogens (tertiary/aromatic N) is 3. The van der Waals surface area contributed by atoms with Crippen LogP contribution in [0.3, 0.4) is 0 Å². The number of halogens is 3. The van der Waals surface area contributed by atoms with Crippen LogP contribution in [0.1, 0.15) is 28.8 Å². The maximum atomic E-state index is 12.8. The lowest BCUT2D eigenvalue weighted by Gasteiger charge is -2.13. The van der Waals surface area contributed by atoms with Gasteiger partial charge >= 0.3 is 6.18 Å². The molecule has 0 spiro atoms. The van der Waals surface area contributed by atoms with Gasteiger partial charge in [-0.15, -0.1) is 0 Å². The number of benzene rings is 1. The van der Waals surface area contributed by atoms with Gasteiger partial charge in [-0.1, -0.05) is 41.7 Å². The molecule has 2 aromatic heterocycles. The second-order valence-electron chi connectivity index (χ2n) is 8.41. The molecule has 7 nitrogen and oxygen atoms in total. The average Bonchev–Trinajstić information content (AvgIpc) is 3.29. The first kappa shape index (κ1) is 27.0. The van der Waals surface area contributed by atoms with Crippen LogP contribution in [0.25, 0.3) is 11.1 Å². The van der Waals surface area contributed by atoms with Gasteiger partial charge in [-0.05, 0) is 50.7 Å². The van der Waals surface area contributed by atoms with Crippen LogP contribution in [-0.2, 0) is 15.8 Å². The van der Waals surface area contributed by atoms with E-state index >= 15 is 0 Å². The van der Waals surface area contributed by atoms with Gasteiger partial charge in [0.1, 0.15) is 10.7 Å². The van der Waals surface area contributed by atoms with E-state index in [1.165, 1.54) is 6.08 Å². The summed E-state index contributed by atoms with van der Waals surface area (Å²) in [6, 6.07) is 9.13. The fourth-order valence-electron chi connectivity index (χ4n) is 3.21. The van der Waals surface area contributed by atoms with Crippen molar-refractivity contribution in [3.8, 4) is 11.1 Å². The number of thiazole rings is 1. The summed E-state index contributed by atoms with van der Waals surface area (Å²) < 4.78 is 38.4. The molecule has 2 heterocycles. The molecule has 11 heteroatoms. The quantitative estimate of drug-likeness (QED) is 0.395. The lowest BCUT2D eigenvalue weighted by atomic mass is 9.96. The van der Waals surface area contributed by atoms with E-state index in [4.69, 9.17) is 0 Å². The fourth-order valence-corrected chi connectivity index (χ4v) is 3.89. The summed E-state index contributed by atoms with van der Waals surface area (Å²) in [7, 11) is 3.81. The molecule has 0 radical (unpaired) electrons. The number of likely N-dealkylation sites (N-methyl/N-ethyl adjacent to an activating group) is 1. The Bertz CT molecular complexity index is 1270. The highest BCUT2D eigenvalue weighted by atomic mass is 32.1. The first-order chi connectivity index (χ1) is 16.9. The van der Waals surface area contributed by atoms with Crippen molar-refractivity contribution < 1.29 is 22.8 Å². The van der Waals surface area contributed by atoms with Crippen LogP contribution >= 0.6 is 11.3 Å². The lowest BCUT2D eigenvalue weighted by Crippen LogP contribution is -2.18. The maximum absolute atomic E-state index is 12.8. The Morgan fingerprint density at radius 2 is 1.86 bits per heavy atom. The molecule has 3 aromatic rings. The Kier molecular flexibility index (Phi) is 8.59. The van der Waals surface area contributed by atoms with E-state index in [9.17, 15) is 22.8 Å². The first-order valence-electron chi connectivity index (χ1n) is 11.0. The normalized spacial score (nSPS) is 12.7. The standard InChI is InChI=1S/C25H26F3N5O2S/c1-15-11-19(13-29-22(15)31-21(34)9-6-10-33(3)4)18-8-5-7-17(12-18)16(2)23(35)32-24-30-14-20(36-24)25(26,27)28/h5-9,11-14,16H,10H2,1-4H3,(H,29,31,34)(H,30,32,35)/b9-6+. The highest BCUT2D eigenvalue weighted by Crippen LogP contribution is 2.35. The van der Waals surface area contributed by atoms with Crippen molar-refractivity contribution in [2.45, 2.75) is 25.9 Å². The molecule has 1 unspecified atom stereocenters. The third-order valence-electron chi connectivity index (χ3n) is 5.19. The molecule has 0 fully saturated rings. The van der Waals surface area contributed by atoms with Crippen LogP contribution in [0.4, 0.5) is 24.1 Å². The molecule has 0 aliphatic rings. The van der Waals surface area contributed by atoms with Gasteiger partial charge in [0.2, 0.25) is 11.8 Å². The van der Waals surface area contributed by atoms with Gasteiger partial charge in [-0.2, -0.15) is 13.2 Å². The monoisotopic (exact) mass is 517 g/mol. The number of alkyl halides is 3. The number of aryl methyl sites for hydroxylation is 1. The van der Waals surface area contributed by atoms with Crippen LogP contribution in [0, 0.1) is 6.92 Å². The van der Waals surface area contributed by atoms with Crippen molar-refractivity contribution in [2.75, 3.05) is 31.3 Å². The van der Waals surface area contributed by atoms with E-state index in [2.05, 4.69) is 20.6 Å². The van der Waals surface area contributed by atoms with E-state index < -0.39 is 22.9 Å². The van der Waals surface area contributed by atoms with Crippen molar-refractivity contribution in [1.82, 2.24) is 14.9 Å². The summed E-state index contributed by atoms with van der Waals surface area (Å²) in [5, 5.41) is 5.11. The van der Waals surface area contributed by atoms with Crippen molar-refractivity contribution >= 4 is 34.1 Å². The Morgan fingerprint density at radius 1 is 1.11 bits per heavy atom. The van der Waals surface area contributed by atoms with Gasteiger partial charge in [0, 0.05) is 24.4 Å². The van der Waals surface area contributed by atoms with Crippen LogP contribution < -0.4 is 10.6 Å². The number of anilines is 2. The zero-order valence-corrected chi connectivity index (χ0v) is 21.0. The average molecular weight is 518 g/mol. The predicted octanol–water partition coefficient (Wildman–Crippen LogP) is 5.33. The Labute approximate surface area is 211 Å². The molecule has 2 N–H and O–H groups in total. The summed E-state index contributed by atoms with van der Waals surface area (Å²) in [6.07, 6.45) is 1.04. The number of carbonyl (C=O) groups excluding carboxylic acids is 2. The van der Waals surface area contributed by atoms with Crippen LogP contribution in [0.15, 0.2) is 54.9 Å². The number of nitrogens with one attached hydrogen (secondary N) is 2. The molecule has 1 aromatic carbocycles. The van der Waals surface area contributed by atoms with E-state index in [-0.39, 0.29) is 11.0 Å². The number of carbonyl (C=O) groups is 2. The molecule has 1 atom stereocenters. The molecular formula is C25H26F3N5O2S. The fraction of sp³-hybridized carbons (Fsp3) is 0.280. The zero-order valence-electron chi connectivity index (χ0n) is 20.2. The molecule has 0 saturated carbocycles. The van der Waals surface area contributed by atoms with Gasteiger partial charge < -0.3 is 15.5 Å². The smallest absolute Gasteiger partial charge is 0.307 e. The summed E-state index contributed by atoms with van der Waals surface area (Å²) in [5.41, 5.74) is 3.04. The largest absolute Gasteiger partial charge is 0.427 e. The number of hydrogen-bond acceptors (Lipinski definition) is 6. The minimum atomic E-state index is -4.51. The molecular weight excluding hydrogens is 491 g/mol. The Morgan fingerprint density at radius 3 is 2.50 bits per heavy atom. The van der Waals surface area contributed by atoms with Crippen molar-refractivity contribution in [1.29, 1.82) is 0 Å². The second-order valence-corrected chi connectivity index (χ2v) is 9.44. The predicted molar refractivity (Wildman–Crippen MR) is 135 cm³/mol. The maximum Gasteiger partial charge on any atom is 0.427 e. The molecule has 36 heavy (non-hydrogen) atoms. The summed E-state index contributed by atoms with van der Waals surface area (Å²) >= 11 is 0.381. The SMILES string of the molecule is Cc1cc(-c2cccc(C(C)C(=O)Nc3ncc(C(F)(F)F)s3)c2)cnc1NC(=O)/C=C/CN(C)C. The Hall–Kier alpha value is -3.57. The van der Waals surface area contributed by atoms with Gasteiger partial charge in [-0.25, -0.2) is 9.97 Å². The highest BCUT2D eigenvalue weighted by molar-refractivity contribution is 7.15. The minimum Gasteiger partial charge on any atom is -0.307 e. The first-order valence-corrected chi connectivity index (χ1v) is 11.8. The van der Waals surface area contributed by atoms with Gasteiger partial charge in [0.15, 0.2) is 5.13 Å². The number of pyridine rings is 1. The molecule has 190 valence electrons. The van der Waals surface area contributed by atoms with E-state index in [0.717, 1.165) is 16.7 Å². The van der Waals surface area contributed by atoms with Crippen LogP contribution in [-0.4, -0.2) is 47.3 Å². The van der Waals surface area contributed by atoms with E-state index in [1.54, 1.807) is 31.3 Å². The number of amides is 2. The minimum absolute atomic E-state index is 0.107. The summed E-state index contributed by atoms with van der Waals surface area (Å²) in [4.78, 5) is 33.8. The van der Waals surface area contributed by atoms with Crippen molar-refractivity contribution in [2.24, 2.45) is 0 Å². The summed E-state index contributed by atoms with van der Waals surface area (Å²) in [6.45, 7) is 4.14. The number of aromatic nitrogens is 2. The zero-order chi connectivity index (χ0) is 26.5. The van der Waals surface area contributed by atoms with E-state index in [0.29, 0.717) is 35.5 Å². The number of hydrogen-bond donors (Lipinski definition) is 2. The molecule has 0 aliphatic carbocycles. The van der Waals surface area contributed by atoms with Crippen molar-refractivity contribution in [3.63, 3.8) is 0 Å². The van der Waals surface area contributed by atoms with Crippen LogP contribution in [0.5, 0.6) is 0 Å². The second kappa shape index (κ2) is 11.4. The Balaban J connectivity index is 1.70. The third-order valence-corrected chi connectivity index (χ3v) is 6.15. The van der Waals surface area contributed by atoms with Gasteiger partial charge in [0.25, 0.3) is 0 Å². The van der Waals surface area contributed by atoms with Crippen molar-refractivity contribution in [3.05, 3.63) is 70.9 Å². The van der Waals surface area contributed by atoms with Gasteiger partial charge in [-0.3, -0.25) is 9.59 Å². The molecule has 0 saturated heterocycles. The number of rotatable bonds is 8. The molecule has 0 aliphatic heterocycles. The third kappa shape index (κ3) is 7.22. The lowest BCUT2D eigenvalue weighted by molar-refractivity contribution is -0.134. The summed E-state index contributed by atoms with van der Waals surface area (Å²) in [5.74, 6) is -0.928. The van der Waals surface area contributed by atoms with E-state index in [1.807, 2.05) is 44.1 Å². The highest BCUT2D eigenvalue weighted by Gasteiger charge is 2.33. The van der Waals surface area contributed by atoms with Crippen LogP contribution in [0.2, 0.25) is 0 Å². The molecule has 3 rings (SSSR count). The van der Waals surface area contributed by atoms with Gasteiger partial charge in [0.05, 0.1) is 12.1 Å².